The van der Waals surface area contributed by atoms with E-state index in [1.165, 1.54) is 5.56 Å². The van der Waals surface area contributed by atoms with E-state index in [1.807, 2.05) is 30.4 Å². The van der Waals surface area contributed by atoms with Gasteiger partial charge in [-0.2, -0.15) is 0 Å². The van der Waals surface area contributed by atoms with Crippen molar-refractivity contribution in [1.29, 1.82) is 0 Å². The van der Waals surface area contributed by atoms with Crippen LogP contribution in [0.4, 0.5) is 0 Å². The molecule has 1 aromatic carbocycles. The summed E-state index contributed by atoms with van der Waals surface area (Å²) in [6.07, 6.45) is 5.79. The summed E-state index contributed by atoms with van der Waals surface area (Å²) in [5.41, 5.74) is 3.84. The minimum absolute atomic E-state index is 0.572. The largest absolute Gasteiger partial charge is 0.373 e. The summed E-state index contributed by atoms with van der Waals surface area (Å²) >= 11 is 0. The van der Waals surface area contributed by atoms with Crippen LogP contribution in [0.3, 0.4) is 0 Å². The lowest BCUT2D eigenvalue weighted by Crippen LogP contribution is -1.89. The van der Waals surface area contributed by atoms with E-state index in [4.69, 9.17) is 4.74 Å². The van der Waals surface area contributed by atoms with Crippen LogP contribution >= 0.6 is 0 Å². The van der Waals surface area contributed by atoms with Crippen LogP contribution in [-0.2, 0) is 4.74 Å². The Bertz CT molecular complexity index is 318. The van der Waals surface area contributed by atoms with Gasteiger partial charge in [0, 0.05) is 0 Å². The maximum absolute atomic E-state index is 5.25. The quantitative estimate of drug-likeness (QED) is 0.507. The molecule has 1 aromatic rings. The molecule has 0 aliphatic rings. The van der Waals surface area contributed by atoms with Gasteiger partial charge in [0.05, 0.1) is 13.2 Å². The Balaban J connectivity index is 2.24. The molecule has 0 amide bonds. The maximum Gasteiger partial charge on any atom is 0.0725 e. The van der Waals surface area contributed by atoms with Gasteiger partial charge < -0.3 is 4.74 Å². The summed E-state index contributed by atoms with van der Waals surface area (Å²) in [6.45, 7) is 4.64. The lowest BCUT2D eigenvalue weighted by Gasteiger charge is -1.94. The van der Waals surface area contributed by atoms with E-state index in [9.17, 15) is 0 Å². The second-order valence-electron chi connectivity index (χ2n) is 2.76. The Labute approximate surface area is 85.0 Å². The van der Waals surface area contributed by atoms with Gasteiger partial charge in [-0.05, 0) is 11.6 Å². The highest BCUT2D eigenvalue weighted by atomic mass is 16.5. The Morgan fingerprint density at radius 3 is 2.71 bits per heavy atom. The monoisotopic (exact) mass is 186 g/mol. The predicted octanol–water partition coefficient (Wildman–Crippen LogP) is 3.06. The van der Waals surface area contributed by atoms with Gasteiger partial charge in [0.1, 0.15) is 0 Å². The predicted molar refractivity (Wildman–Crippen MR) is 60.0 cm³/mol. The lowest BCUT2D eigenvalue weighted by molar-refractivity contribution is 0.194. The van der Waals surface area contributed by atoms with Gasteiger partial charge in [-0.3, -0.25) is 0 Å². The molecule has 0 aliphatic carbocycles. The average molecular weight is 186 g/mol. The molecule has 1 nitrogen and oxygen atoms in total. The van der Waals surface area contributed by atoms with Crippen molar-refractivity contribution in [3.05, 3.63) is 60.4 Å². The highest BCUT2D eigenvalue weighted by molar-refractivity contribution is 5.48. The summed E-state index contributed by atoms with van der Waals surface area (Å²) in [7, 11) is 0. The molecule has 14 heavy (non-hydrogen) atoms. The van der Waals surface area contributed by atoms with Gasteiger partial charge in [0.2, 0.25) is 0 Å². The molecule has 0 aromatic heterocycles. The van der Waals surface area contributed by atoms with E-state index in [-0.39, 0.29) is 0 Å². The molecule has 0 N–H and O–H groups in total. The van der Waals surface area contributed by atoms with E-state index >= 15 is 0 Å². The first-order valence-electron chi connectivity index (χ1n) is 4.57. The van der Waals surface area contributed by atoms with Crippen molar-refractivity contribution in [2.75, 3.05) is 13.2 Å². The van der Waals surface area contributed by atoms with Crippen LogP contribution in [0.25, 0.3) is 6.08 Å². The molecule has 0 heterocycles. The summed E-state index contributed by atoms with van der Waals surface area (Å²) in [4.78, 5) is 0. The van der Waals surface area contributed by atoms with Crippen LogP contribution in [0.15, 0.2) is 54.8 Å². The second-order valence-corrected chi connectivity index (χ2v) is 2.76. The van der Waals surface area contributed by atoms with Crippen molar-refractivity contribution >= 4 is 6.08 Å². The molecule has 1 heteroatoms. The molecule has 0 unspecified atom stereocenters. The molecule has 0 spiro atoms. The van der Waals surface area contributed by atoms with Crippen molar-refractivity contribution in [1.82, 2.24) is 0 Å². The molecule has 1 rings (SSSR count). The van der Waals surface area contributed by atoms with Crippen molar-refractivity contribution in [2.24, 2.45) is 0 Å². The molecular weight excluding hydrogens is 172 g/mol. The van der Waals surface area contributed by atoms with Crippen molar-refractivity contribution in [3.8, 4) is 0 Å². The second kappa shape index (κ2) is 6.90. The fourth-order valence-electron chi connectivity index (χ4n) is 1.00. The maximum atomic E-state index is 5.25. The zero-order chi connectivity index (χ0) is 10.1. The molecule has 0 fully saturated rings. The van der Waals surface area contributed by atoms with Crippen molar-refractivity contribution < 1.29 is 4.74 Å². The van der Waals surface area contributed by atoms with Crippen molar-refractivity contribution in [2.45, 2.75) is 0 Å². The van der Waals surface area contributed by atoms with E-state index in [0.29, 0.717) is 13.2 Å². The topological polar surface area (TPSA) is 9.23 Å². The zero-order valence-corrected chi connectivity index (χ0v) is 8.15. The third-order valence-corrected chi connectivity index (χ3v) is 1.67. The van der Waals surface area contributed by atoms with Gasteiger partial charge >= 0.3 is 0 Å². The Kier molecular flexibility index (Phi) is 5.19. The van der Waals surface area contributed by atoms with Crippen LogP contribution in [-0.4, -0.2) is 13.2 Å². The molecular formula is C13H14O. The average Bonchev–Trinajstić information content (AvgIpc) is 2.25. The Morgan fingerprint density at radius 1 is 1.21 bits per heavy atom. The van der Waals surface area contributed by atoms with Crippen LogP contribution in [0.1, 0.15) is 5.56 Å². The molecule has 0 radical (unpaired) electrons. The standard InChI is InChI=1S/C13H14O/c1-2-3-11-14-12-7-10-13-8-5-4-6-9-13/h3-10H,1,11-12H2/b10-7+. The SMILES string of the molecule is C=C=CCOC/C=C/c1ccccc1. The molecule has 72 valence electrons. The van der Waals surface area contributed by atoms with Gasteiger partial charge in [0.25, 0.3) is 0 Å². The van der Waals surface area contributed by atoms with E-state index in [2.05, 4.69) is 24.4 Å². The van der Waals surface area contributed by atoms with Gasteiger partial charge in [-0.25, -0.2) is 0 Å². The molecule has 0 aliphatic heterocycles. The van der Waals surface area contributed by atoms with Crippen molar-refractivity contribution in [3.63, 3.8) is 0 Å². The van der Waals surface area contributed by atoms with Gasteiger partial charge in [0.15, 0.2) is 0 Å². The molecule has 0 saturated carbocycles. The van der Waals surface area contributed by atoms with Crippen LogP contribution < -0.4 is 0 Å². The number of ether oxygens (including phenoxy) is 1. The normalized spacial score (nSPS) is 10.0. The van der Waals surface area contributed by atoms with E-state index < -0.39 is 0 Å². The summed E-state index contributed by atoms with van der Waals surface area (Å²) < 4.78 is 5.25. The van der Waals surface area contributed by atoms with Crippen LogP contribution in [0, 0.1) is 0 Å². The third-order valence-electron chi connectivity index (χ3n) is 1.67. The van der Waals surface area contributed by atoms with E-state index in [0.717, 1.165) is 0 Å². The van der Waals surface area contributed by atoms with Gasteiger partial charge in [-0.15, -0.1) is 5.73 Å². The Morgan fingerprint density at radius 2 is 2.00 bits per heavy atom. The zero-order valence-electron chi connectivity index (χ0n) is 8.15. The fourth-order valence-corrected chi connectivity index (χ4v) is 1.00. The number of hydrogen-bond donors (Lipinski definition) is 0. The number of rotatable bonds is 5. The highest BCUT2D eigenvalue weighted by Gasteiger charge is 1.82. The number of benzene rings is 1. The third kappa shape index (κ3) is 4.46. The first-order chi connectivity index (χ1) is 6.93. The Hall–Kier alpha value is -1.56. The molecule has 0 bridgehead atoms. The summed E-state index contributed by atoms with van der Waals surface area (Å²) in [6, 6.07) is 10.1. The fraction of sp³-hybridized carbons (Fsp3) is 0.154. The van der Waals surface area contributed by atoms with Crippen LogP contribution in [0.2, 0.25) is 0 Å². The first kappa shape index (κ1) is 10.5. The minimum Gasteiger partial charge on any atom is -0.373 e. The van der Waals surface area contributed by atoms with E-state index in [1.54, 1.807) is 6.08 Å². The number of hydrogen-bond acceptors (Lipinski definition) is 1. The smallest absolute Gasteiger partial charge is 0.0725 e. The highest BCUT2D eigenvalue weighted by Crippen LogP contribution is 2.00. The molecule has 0 atom stereocenters. The minimum atomic E-state index is 0.572. The van der Waals surface area contributed by atoms with Gasteiger partial charge in [-0.1, -0.05) is 49.1 Å². The molecule has 0 saturated heterocycles. The summed E-state index contributed by atoms with van der Waals surface area (Å²) in [5, 5.41) is 0. The summed E-state index contributed by atoms with van der Waals surface area (Å²) in [5.74, 6) is 0. The lowest BCUT2D eigenvalue weighted by atomic mass is 10.2. The first-order valence-corrected chi connectivity index (χ1v) is 4.57. The van der Waals surface area contributed by atoms with Crippen LogP contribution in [0.5, 0.6) is 0 Å².